The van der Waals surface area contributed by atoms with Gasteiger partial charge in [0.25, 0.3) is 5.91 Å². The molecule has 1 atom stereocenters. The van der Waals surface area contributed by atoms with Crippen LogP contribution in [0.2, 0.25) is 0 Å². The largest absolute Gasteiger partial charge is 0.394 e. The van der Waals surface area contributed by atoms with Crippen LogP contribution in [0.1, 0.15) is 34.6 Å². The van der Waals surface area contributed by atoms with Crippen molar-refractivity contribution in [2.75, 3.05) is 6.61 Å². The van der Waals surface area contributed by atoms with Gasteiger partial charge in [-0.2, -0.15) is 5.10 Å². The molecule has 0 radical (unpaired) electrons. The summed E-state index contributed by atoms with van der Waals surface area (Å²) in [5, 5.41) is 16.6. The molecule has 0 saturated carbocycles. The van der Waals surface area contributed by atoms with Crippen molar-refractivity contribution in [2.24, 2.45) is 7.05 Å². The molecule has 0 saturated heterocycles. The zero-order valence-electron chi connectivity index (χ0n) is 11.7. The van der Waals surface area contributed by atoms with Crippen LogP contribution in [0.3, 0.4) is 0 Å². The van der Waals surface area contributed by atoms with E-state index in [0.717, 1.165) is 11.3 Å². The molecule has 0 aliphatic heterocycles. The Bertz CT molecular complexity index is 578. The highest BCUT2D eigenvalue weighted by atomic mass is 16.3. The second-order valence-corrected chi connectivity index (χ2v) is 4.64. The van der Waals surface area contributed by atoms with Crippen molar-refractivity contribution < 1.29 is 9.90 Å². The smallest absolute Gasteiger partial charge is 0.255 e. The predicted molar refractivity (Wildman–Crippen MR) is 76.3 cm³/mol. The van der Waals surface area contributed by atoms with E-state index < -0.39 is 6.04 Å². The van der Waals surface area contributed by atoms with E-state index in [-0.39, 0.29) is 12.5 Å². The van der Waals surface area contributed by atoms with E-state index in [1.54, 1.807) is 17.9 Å². The van der Waals surface area contributed by atoms with Crippen LogP contribution in [0.4, 0.5) is 0 Å². The van der Waals surface area contributed by atoms with E-state index in [2.05, 4.69) is 10.4 Å². The second-order valence-electron chi connectivity index (χ2n) is 4.64. The van der Waals surface area contributed by atoms with Crippen molar-refractivity contribution in [1.29, 1.82) is 0 Å². The Balaban J connectivity index is 2.17. The molecule has 0 bridgehead atoms. The minimum atomic E-state index is -0.409. The number of hydrogen-bond donors (Lipinski definition) is 2. The number of carbonyl (C=O) groups excluding carboxylic acids is 1. The van der Waals surface area contributed by atoms with Gasteiger partial charge >= 0.3 is 0 Å². The number of rotatable bonds is 5. The van der Waals surface area contributed by atoms with E-state index in [4.69, 9.17) is 0 Å². The first-order valence-corrected chi connectivity index (χ1v) is 6.64. The van der Waals surface area contributed by atoms with Crippen molar-refractivity contribution >= 4 is 5.91 Å². The van der Waals surface area contributed by atoms with Crippen LogP contribution in [-0.2, 0) is 13.5 Å². The molecule has 1 amide bonds. The standard InChI is InChI=1S/C15H19N3O2/c1-3-13-12(9-18(2)17-13)15(20)16-14(10-19)11-7-5-4-6-8-11/h4-9,14,19H,3,10H2,1-2H3,(H,16,20)/t14-/m1/s1. The third-order valence-corrected chi connectivity index (χ3v) is 3.17. The summed E-state index contributed by atoms with van der Waals surface area (Å²) in [6.45, 7) is 1.82. The SMILES string of the molecule is CCc1nn(C)cc1C(=O)N[C@H](CO)c1ccccc1. The molecule has 0 spiro atoms. The summed E-state index contributed by atoms with van der Waals surface area (Å²) in [6.07, 6.45) is 2.40. The highest BCUT2D eigenvalue weighted by Crippen LogP contribution is 2.14. The number of aromatic nitrogens is 2. The summed E-state index contributed by atoms with van der Waals surface area (Å²) in [5.74, 6) is -0.210. The van der Waals surface area contributed by atoms with Gasteiger partial charge in [0.1, 0.15) is 0 Å². The highest BCUT2D eigenvalue weighted by Gasteiger charge is 2.18. The molecule has 20 heavy (non-hydrogen) atoms. The van der Waals surface area contributed by atoms with Crippen LogP contribution in [-0.4, -0.2) is 27.4 Å². The summed E-state index contributed by atoms with van der Waals surface area (Å²) in [7, 11) is 1.79. The molecule has 1 aromatic heterocycles. The Morgan fingerprint density at radius 1 is 1.40 bits per heavy atom. The van der Waals surface area contributed by atoms with Crippen LogP contribution >= 0.6 is 0 Å². The Hall–Kier alpha value is -2.14. The molecule has 2 aromatic rings. The maximum atomic E-state index is 12.3. The van der Waals surface area contributed by atoms with Gasteiger partial charge in [0.2, 0.25) is 0 Å². The van der Waals surface area contributed by atoms with Gasteiger partial charge in [0, 0.05) is 13.2 Å². The van der Waals surface area contributed by atoms with Crippen LogP contribution in [0.15, 0.2) is 36.5 Å². The summed E-state index contributed by atoms with van der Waals surface area (Å²) < 4.78 is 1.63. The lowest BCUT2D eigenvalue weighted by Gasteiger charge is -2.16. The van der Waals surface area contributed by atoms with Gasteiger partial charge < -0.3 is 10.4 Å². The molecule has 2 rings (SSSR count). The Morgan fingerprint density at radius 2 is 2.10 bits per heavy atom. The average Bonchev–Trinajstić information content (AvgIpc) is 2.86. The van der Waals surface area contributed by atoms with Crippen LogP contribution in [0.5, 0.6) is 0 Å². The molecule has 0 aliphatic carbocycles. The first kappa shape index (κ1) is 14.3. The molecular formula is C15H19N3O2. The Labute approximate surface area is 118 Å². The normalized spacial score (nSPS) is 12.2. The van der Waals surface area contributed by atoms with Crippen molar-refractivity contribution in [3.63, 3.8) is 0 Å². The monoisotopic (exact) mass is 273 g/mol. The topological polar surface area (TPSA) is 67.2 Å². The van der Waals surface area contributed by atoms with Crippen LogP contribution in [0, 0.1) is 0 Å². The minimum absolute atomic E-state index is 0.141. The van der Waals surface area contributed by atoms with Gasteiger partial charge in [-0.3, -0.25) is 9.48 Å². The first-order valence-electron chi connectivity index (χ1n) is 6.64. The number of aliphatic hydroxyl groups excluding tert-OH is 1. The number of aliphatic hydroxyl groups is 1. The Kier molecular flexibility index (Phi) is 4.53. The van der Waals surface area contributed by atoms with Gasteiger partial charge in [-0.25, -0.2) is 0 Å². The van der Waals surface area contributed by atoms with E-state index in [1.165, 1.54) is 0 Å². The van der Waals surface area contributed by atoms with Gasteiger partial charge in [0.15, 0.2) is 0 Å². The number of amides is 1. The fourth-order valence-electron chi connectivity index (χ4n) is 2.14. The summed E-state index contributed by atoms with van der Waals surface area (Å²) in [5.41, 5.74) is 2.20. The van der Waals surface area contributed by atoms with Gasteiger partial charge in [0.05, 0.1) is 23.9 Å². The third kappa shape index (κ3) is 3.05. The minimum Gasteiger partial charge on any atom is -0.394 e. The van der Waals surface area contributed by atoms with Crippen LogP contribution in [0.25, 0.3) is 0 Å². The first-order chi connectivity index (χ1) is 9.65. The lowest BCUT2D eigenvalue weighted by Crippen LogP contribution is -2.31. The highest BCUT2D eigenvalue weighted by molar-refractivity contribution is 5.95. The van der Waals surface area contributed by atoms with Crippen molar-refractivity contribution in [3.05, 3.63) is 53.3 Å². The molecule has 1 aromatic carbocycles. The maximum absolute atomic E-state index is 12.3. The quantitative estimate of drug-likeness (QED) is 0.866. The number of hydrogen-bond acceptors (Lipinski definition) is 3. The molecule has 5 heteroatoms. The van der Waals surface area contributed by atoms with E-state index in [9.17, 15) is 9.90 Å². The average molecular weight is 273 g/mol. The molecule has 0 unspecified atom stereocenters. The van der Waals surface area contributed by atoms with Crippen molar-refractivity contribution in [2.45, 2.75) is 19.4 Å². The number of benzene rings is 1. The summed E-state index contributed by atoms with van der Waals surface area (Å²) in [6, 6.07) is 9.01. The molecule has 0 fully saturated rings. The number of nitrogens with one attached hydrogen (secondary N) is 1. The van der Waals surface area contributed by atoms with Crippen molar-refractivity contribution in [1.82, 2.24) is 15.1 Å². The second kappa shape index (κ2) is 6.34. The maximum Gasteiger partial charge on any atom is 0.255 e. The van der Waals surface area contributed by atoms with E-state index >= 15 is 0 Å². The number of aryl methyl sites for hydroxylation is 2. The lowest BCUT2D eigenvalue weighted by molar-refractivity contribution is 0.0915. The fourth-order valence-corrected chi connectivity index (χ4v) is 2.14. The number of carbonyl (C=O) groups is 1. The fraction of sp³-hybridized carbons (Fsp3) is 0.333. The Morgan fingerprint density at radius 3 is 2.70 bits per heavy atom. The lowest BCUT2D eigenvalue weighted by atomic mass is 10.1. The molecule has 5 nitrogen and oxygen atoms in total. The molecule has 106 valence electrons. The predicted octanol–water partition coefficient (Wildman–Crippen LogP) is 1.45. The van der Waals surface area contributed by atoms with E-state index in [0.29, 0.717) is 12.0 Å². The summed E-state index contributed by atoms with van der Waals surface area (Å²) >= 11 is 0. The zero-order chi connectivity index (χ0) is 14.5. The number of nitrogens with zero attached hydrogens (tertiary/aromatic N) is 2. The van der Waals surface area contributed by atoms with Crippen molar-refractivity contribution in [3.8, 4) is 0 Å². The van der Waals surface area contributed by atoms with Gasteiger partial charge in [-0.1, -0.05) is 37.3 Å². The molecule has 0 aliphatic rings. The van der Waals surface area contributed by atoms with Gasteiger partial charge in [-0.05, 0) is 12.0 Å². The third-order valence-electron chi connectivity index (χ3n) is 3.17. The molecular weight excluding hydrogens is 254 g/mol. The zero-order valence-corrected chi connectivity index (χ0v) is 11.7. The van der Waals surface area contributed by atoms with E-state index in [1.807, 2.05) is 37.3 Å². The van der Waals surface area contributed by atoms with Gasteiger partial charge in [-0.15, -0.1) is 0 Å². The molecule has 2 N–H and O–H groups in total. The summed E-state index contributed by atoms with van der Waals surface area (Å²) in [4.78, 5) is 12.3. The van der Waals surface area contributed by atoms with Crippen LogP contribution < -0.4 is 5.32 Å². The molecule has 1 heterocycles.